The molecular formula is C20H20N2O. The van der Waals surface area contributed by atoms with Gasteiger partial charge >= 0.3 is 0 Å². The van der Waals surface area contributed by atoms with Crippen molar-refractivity contribution < 1.29 is 4.74 Å². The predicted molar refractivity (Wildman–Crippen MR) is 98.3 cm³/mol. The Morgan fingerprint density at radius 3 is 1.52 bits per heavy atom. The normalized spacial score (nSPS) is 12.2. The molecule has 0 saturated carbocycles. The molecule has 116 valence electrons. The molecule has 2 rings (SSSR count). The smallest absolute Gasteiger partial charge is 0.0655 e. The third kappa shape index (κ3) is 7.69. The Morgan fingerprint density at radius 1 is 0.652 bits per heavy atom. The fraction of sp³-hybridized carbons (Fsp3) is 0.100. The van der Waals surface area contributed by atoms with Crippen molar-refractivity contribution in [2.45, 2.75) is 0 Å². The first-order valence-corrected chi connectivity index (χ1v) is 7.51. The monoisotopic (exact) mass is 304 g/mol. The van der Waals surface area contributed by atoms with Crippen LogP contribution in [0, 0.1) is 0 Å². The Bertz CT molecular complexity index is 599. The number of aliphatic imine (C=N–C) groups is 2. The lowest BCUT2D eigenvalue weighted by molar-refractivity contribution is 0.194. The highest BCUT2D eigenvalue weighted by atomic mass is 16.5. The number of rotatable bonds is 8. The summed E-state index contributed by atoms with van der Waals surface area (Å²) in [5.41, 5.74) is 1.89. The second-order valence-electron chi connectivity index (χ2n) is 4.62. The molecule has 23 heavy (non-hydrogen) atoms. The minimum Gasteiger partial charge on any atom is -0.373 e. The maximum absolute atomic E-state index is 5.44. The molecule has 0 amide bonds. The molecule has 0 atom stereocenters. The maximum atomic E-state index is 5.44. The van der Waals surface area contributed by atoms with E-state index >= 15 is 0 Å². The van der Waals surface area contributed by atoms with Gasteiger partial charge in [0.1, 0.15) is 0 Å². The zero-order valence-corrected chi connectivity index (χ0v) is 13.0. The van der Waals surface area contributed by atoms with Crippen molar-refractivity contribution in [3.05, 3.63) is 85.0 Å². The highest BCUT2D eigenvalue weighted by Crippen LogP contribution is 2.08. The van der Waals surface area contributed by atoms with Crippen molar-refractivity contribution in [2.24, 2.45) is 9.98 Å². The summed E-state index contributed by atoms with van der Waals surface area (Å²) in [5, 5.41) is 0. The van der Waals surface area contributed by atoms with Gasteiger partial charge in [0.2, 0.25) is 0 Å². The summed E-state index contributed by atoms with van der Waals surface area (Å²) in [7, 11) is 0. The van der Waals surface area contributed by atoms with Gasteiger partial charge in [-0.3, -0.25) is 9.98 Å². The molecule has 2 aromatic carbocycles. The Hall–Kier alpha value is -2.78. The molecule has 2 aromatic rings. The average molecular weight is 304 g/mol. The number of nitrogens with zero attached hydrogens (tertiary/aromatic N) is 2. The number of hydrogen-bond donors (Lipinski definition) is 0. The topological polar surface area (TPSA) is 34.0 Å². The number of para-hydroxylation sites is 2. The van der Waals surface area contributed by atoms with Crippen LogP contribution in [0.5, 0.6) is 0 Å². The Kier molecular flexibility index (Phi) is 7.84. The lowest BCUT2D eigenvalue weighted by atomic mass is 10.3. The molecule has 0 radical (unpaired) electrons. The first kappa shape index (κ1) is 16.6. The van der Waals surface area contributed by atoms with Crippen molar-refractivity contribution in [1.29, 1.82) is 0 Å². The second kappa shape index (κ2) is 10.9. The highest BCUT2D eigenvalue weighted by molar-refractivity contribution is 5.74. The van der Waals surface area contributed by atoms with Crippen LogP contribution in [-0.2, 0) is 4.74 Å². The van der Waals surface area contributed by atoms with E-state index in [1.165, 1.54) is 0 Å². The summed E-state index contributed by atoms with van der Waals surface area (Å²) >= 11 is 0. The minimum atomic E-state index is 0.557. The van der Waals surface area contributed by atoms with Crippen LogP contribution in [0.25, 0.3) is 0 Å². The Morgan fingerprint density at radius 2 is 1.09 bits per heavy atom. The summed E-state index contributed by atoms with van der Waals surface area (Å²) in [6, 6.07) is 19.7. The summed E-state index contributed by atoms with van der Waals surface area (Å²) in [6.07, 6.45) is 11.2. The predicted octanol–water partition coefficient (Wildman–Crippen LogP) is 4.92. The van der Waals surface area contributed by atoms with Crippen LogP contribution >= 0.6 is 0 Å². The lowest BCUT2D eigenvalue weighted by Crippen LogP contribution is -1.90. The van der Waals surface area contributed by atoms with Crippen molar-refractivity contribution in [1.82, 2.24) is 0 Å². The van der Waals surface area contributed by atoms with Crippen LogP contribution in [0.2, 0.25) is 0 Å². The Labute approximate surface area is 137 Å². The maximum Gasteiger partial charge on any atom is 0.0655 e. The molecule has 0 aliphatic rings. The number of benzene rings is 2. The van der Waals surface area contributed by atoms with Gasteiger partial charge in [-0.05, 0) is 36.4 Å². The van der Waals surface area contributed by atoms with E-state index in [1.807, 2.05) is 85.0 Å². The first-order valence-electron chi connectivity index (χ1n) is 7.51. The van der Waals surface area contributed by atoms with Crippen molar-refractivity contribution in [3.63, 3.8) is 0 Å². The molecule has 0 saturated heterocycles. The van der Waals surface area contributed by atoms with Crippen molar-refractivity contribution in [2.75, 3.05) is 13.2 Å². The van der Waals surface area contributed by atoms with Gasteiger partial charge in [-0.1, -0.05) is 48.6 Å². The lowest BCUT2D eigenvalue weighted by Gasteiger charge is -1.93. The molecule has 0 heterocycles. The molecule has 0 aliphatic heterocycles. The van der Waals surface area contributed by atoms with E-state index in [1.54, 1.807) is 12.4 Å². The van der Waals surface area contributed by atoms with Crippen LogP contribution in [0.15, 0.2) is 95.0 Å². The zero-order chi connectivity index (χ0) is 16.0. The first-order chi connectivity index (χ1) is 11.4. The third-order valence-corrected chi connectivity index (χ3v) is 2.83. The molecule has 3 heteroatoms. The van der Waals surface area contributed by atoms with Crippen LogP contribution in [0.4, 0.5) is 11.4 Å². The zero-order valence-electron chi connectivity index (χ0n) is 13.0. The van der Waals surface area contributed by atoms with Gasteiger partial charge in [-0.15, -0.1) is 0 Å². The summed E-state index contributed by atoms with van der Waals surface area (Å²) in [6.45, 7) is 1.11. The summed E-state index contributed by atoms with van der Waals surface area (Å²) < 4.78 is 5.44. The molecule has 3 nitrogen and oxygen atoms in total. The Balaban J connectivity index is 1.57. The standard InChI is InChI=1S/C20H20N2O/c1-3-11-19(12-4-1)21-15-7-9-17-23-18-10-8-16-22-20-13-5-2-6-14-20/h1-16H,17-18H2. The molecule has 0 aromatic heterocycles. The molecule has 0 unspecified atom stereocenters. The molecule has 0 spiro atoms. The third-order valence-electron chi connectivity index (χ3n) is 2.83. The van der Waals surface area contributed by atoms with E-state index in [9.17, 15) is 0 Å². The van der Waals surface area contributed by atoms with E-state index in [-0.39, 0.29) is 0 Å². The second-order valence-corrected chi connectivity index (χ2v) is 4.62. The number of hydrogen-bond acceptors (Lipinski definition) is 3. The number of ether oxygens (including phenoxy) is 1. The van der Waals surface area contributed by atoms with Crippen LogP contribution in [-0.4, -0.2) is 25.6 Å². The average Bonchev–Trinajstić information content (AvgIpc) is 2.61. The van der Waals surface area contributed by atoms with Gasteiger partial charge in [0, 0.05) is 12.4 Å². The minimum absolute atomic E-state index is 0.557. The summed E-state index contributed by atoms with van der Waals surface area (Å²) in [5.74, 6) is 0. The number of allylic oxidation sites excluding steroid dienone is 2. The highest BCUT2D eigenvalue weighted by Gasteiger charge is 1.82. The van der Waals surface area contributed by atoms with Gasteiger partial charge in [0.25, 0.3) is 0 Å². The fourth-order valence-corrected chi connectivity index (χ4v) is 1.72. The molecular weight excluding hydrogens is 284 g/mol. The SMILES string of the molecule is C(=CCOCC=CC=Nc1ccccc1)C=Nc1ccccc1. The van der Waals surface area contributed by atoms with Crippen LogP contribution in [0.1, 0.15) is 0 Å². The van der Waals surface area contributed by atoms with E-state index in [0.29, 0.717) is 13.2 Å². The molecule has 0 bridgehead atoms. The van der Waals surface area contributed by atoms with Crippen LogP contribution < -0.4 is 0 Å². The fourth-order valence-electron chi connectivity index (χ4n) is 1.72. The summed E-state index contributed by atoms with van der Waals surface area (Å²) in [4.78, 5) is 8.59. The van der Waals surface area contributed by atoms with Gasteiger partial charge < -0.3 is 4.74 Å². The quantitative estimate of drug-likeness (QED) is 0.503. The van der Waals surface area contributed by atoms with E-state index in [0.717, 1.165) is 11.4 Å². The molecule has 0 N–H and O–H groups in total. The van der Waals surface area contributed by atoms with Gasteiger partial charge in [-0.25, -0.2) is 0 Å². The van der Waals surface area contributed by atoms with E-state index < -0.39 is 0 Å². The van der Waals surface area contributed by atoms with E-state index in [4.69, 9.17) is 4.74 Å². The largest absolute Gasteiger partial charge is 0.373 e. The van der Waals surface area contributed by atoms with Crippen molar-refractivity contribution >= 4 is 23.8 Å². The molecule has 0 fully saturated rings. The van der Waals surface area contributed by atoms with Crippen molar-refractivity contribution in [3.8, 4) is 0 Å². The van der Waals surface area contributed by atoms with Crippen LogP contribution in [0.3, 0.4) is 0 Å². The van der Waals surface area contributed by atoms with Gasteiger partial charge in [-0.2, -0.15) is 0 Å². The van der Waals surface area contributed by atoms with Gasteiger partial charge in [0.05, 0.1) is 24.6 Å². The molecule has 0 aliphatic carbocycles. The van der Waals surface area contributed by atoms with Gasteiger partial charge in [0.15, 0.2) is 0 Å². The van der Waals surface area contributed by atoms with E-state index in [2.05, 4.69) is 9.98 Å².